The molecule has 0 atom stereocenters. The van der Waals surface area contributed by atoms with Gasteiger partial charge in [-0.15, -0.1) is 0 Å². The fourth-order valence-electron chi connectivity index (χ4n) is 0.324. The van der Waals surface area contributed by atoms with Gasteiger partial charge < -0.3 is 4.74 Å². The van der Waals surface area contributed by atoms with Crippen molar-refractivity contribution in [2.45, 2.75) is 0 Å². The van der Waals surface area contributed by atoms with Crippen LogP contribution >= 0.6 is 0 Å². The number of hydrogen-bond acceptors (Lipinski definition) is 3. The van der Waals surface area contributed by atoms with Crippen molar-refractivity contribution in [3.05, 3.63) is 6.73 Å². The first-order chi connectivity index (χ1) is 3.00. The molecule has 3 nitrogen and oxygen atoms in total. The standard InChI is InChI=1S/C3H7N2O/c1-4-2-6-3-5-1/h2,4-5H,1,3H2. The van der Waals surface area contributed by atoms with Crippen LogP contribution in [0.4, 0.5) is 0 Å². The molecule has 0 aromatic heterocycles. The van der Waals surface area contributed by atoms with Crippen LogP contribution in [0, 0.1) is 6.73 Å². The molecule has 35 valence electrons. The van der Waals surface area contributed by atoms with Crippen molar-refractivity contribution in [1.29, 1.82) is 0 Å². The van der Waals surface area contributed by atoms with Crippen LogP contribution in [0.3, 0.4) is 0 Å². The summed E-state index contributed by atoms with van der Waals surface area (Å²) in [5.74, 6) is 0. The van der Waals surface area contributed by atoms with Gasteiger partial charge in [0.1, 0.15) is 0 Å². The Labute approximate surface area is 36.7 Å². The van der Waals surface area contributed by atoms with Gasteiger partial charge in [0.2, 0.25) is 0 Å². The zero-order valence-electron chi connectivity index (χ0n) is 3.40. The fraction of sp³-hybridized carbons (Fsp3) is 0.667. The zero-order chi connectivity index (χ0) is 4.24. The van der Waals surface area contributed by atoms with Crippen molar-refractivity contribution < 1.29 is 4.74 Å². The van der Waals surface area contributed by atoms with Crippen LogP contribution in [0.15, 0.2) is 0 Å². The summed E-state index contributed by atoms with van der Waals surface area (Å²) in [5, 5.41) is 5.75. The molecule has 0 amide bonds. The van der Waals surface area contributed by atoms with Crippen LogP contribution in [0.2, 0.25) is 0 Å². The SMILES string of the molecule is [CH]1NCNCO1. The molecule has 2 N–H and O–H groups in total. The molecule has 0 aromatic carbocycles. The Kier molecular flexibility index (Phi) is 1.43. The molecule has 0 aliphatic carbocycles. The van der Waals surface area contributed by atoms with E-state index in [1.54, 1.807) is 6.73 Å². The van der Waals surface area contributed by atoms with Gasteiger partial charge in [0.05, 0.1) is 6.73 Å². The maximum absolute atomic E-state index is 4.72. The van der Waals surface area contributed by atoms with E-state index in [-0.39, 0.29) is 0 Å². The highest BCUT2D eigenvalue weighted by atomic mass is 16.5. The minimum absolute atomic E-state index is 0.632. The Hall–Kier alpha value is -0.120. The Morgan fingerprint density at radius 3 is 2.83 bits per heavy atom. The van der Waals surface area contributed by atoms with E-state index in [0.29, 0.717) is 6.73 Å². The summed E-state index contributed by atoms with van der Waals surface area (Å²) in [4.78, 5) is 0. The van der Waals surface area contributed by atoms with E-state index >= 15 is 0 Å². The summed E-state index contributed by atoms with van der Waals surface area (Å²) in [6, 6.07) is 0. The molecule has 0 bridgehead atoms. The summed E-state index contributed by atoms with van der Waals surface area (Å²) in [6.07, 6.45) is 0. The molecule has 0 aromatic rings. The first kappa shape index (κ1) is 4.05. The lowest BCUT2D eigenvalue weighted by Gasteiger charge is -2.11. The van der Waals surface area contributed by atoms with Crippen LogP contribution in [0.5, 0.6) is 0 Å². The van der Waals surface area contributed by atoms with Crippen LogP contribution in [0.1, 0.15) is 0 Å². The molecule has 1 rings (SSSR count). The largest absolute Gasteiger partial charge is 0.344 e. The van der Waals surface area contributed by atoms with E-state index in [1.165, 1.54) is 0 Å². The summed E-state index contributed by atoms with van der Waals surface area (Å²) >= 11 is 0. The minimum atomic E-state index is 0.632. The molecule has 0 spiro atoms. The maximum Gasteiger partial charge on any atom is 0.150 e. The predicted octanol–water partition coefficient (Wildman–Crippen LogP) is -0.770. The summed E-state index contributed by atoms with van der Waals surface area (Å²) in [5.41, 5.74) is 0. The Morgan fingerprint density at radius 2 is 2.67 bits per heavy atom. The lowest BCUT2D eigenvalue weighted by molar-refractivity contribution is 0.123. The molecular weight excluding hydrogens is 80.0 g/mol. The average molecular weight is 87.1 g/mol. The molecule has 1 saturated heterocycles. The monoisotopic (exact) mass is 87.1 g/mol. The van der Waals surface area contributed by atoms with E-state index in [4.69, 9.17) is 4.74 Å². The first-order valence-electron chi connectivity index (χ1n) is 1.87. The van der Waals surface area contributed by atoms with Crippen LogP contribution in [-0.2, 0) is 4.74 Å². The maximum atomic E-state index is 4.72. The number of ether oxygens (including phenoxy) is 1. The van der Waals surface area contributed by atoms with Crippen LogP contribution < -0.4 is 10.6 Å². The molecule has 1 radical (unpaired) electrons. The topological polar surface area (TPSA) is 33.3 Å². The highest BCUT2D eigenvalue weighted by molar-refractivity contribution is 4.50. The lowest BCUT2D eigenvalue weighted by Crippen LogP contribution is -2.35. The van der Waals surface area contributed by atoms with Crippen LogP contribution in [0.25, 0.3) is 0 Å². The second kappa shape index (κ2) is 2.12. The van der Waals surface area contributed by atoms with Crippen molar-refractivity contribution in [2.24, 2.45) is 0 Å². The fourth-order valence-corrected chi connectivity index (χ4v) is 0.324. The highest BCUT2D eigenvalue weighted by Crippen LogP contribution is 1.75. The molecule has 0 saturated carbocycles. The van der Waals surface area contributed by atoms with E-state index in [9.17, 15) is 0 Å². The third-order valence-corrected chi connectivity index (χ3v) is 0.579. The average Bonchev–Trinajstić information content (AvgIpc) is 1.72. The van der Waals surface area contributed by atoms with Gasteiger partial charge in [0.25, 0.3) is 0 Å². The molecule has 6 heavy (non-hydrogen) atoms. The number of rotatable bonds is 0. The first-order valence-corrected chi connectivity index (χ1v) is 1.87. The Balaban J connectivity index is 2.00. The van der Waals surface area contributed by atoms with Crippen LogP contribution in [-0.4, -0.2) is 13.4 Å². The van der Waals surface area contributed by atoms with Crippen molar-refractivity contribution in [2.75, 3.05) is 13.4 Å². The number of nitrogens with one attached hydrogen (secondary N) is 2. The van der Waals surface area contributed by atoms with E-state index in [2.05, 4.69) is 10.6 Å². The van der Waals surface area contributed by atoms with Crippen molar-refractivity contribution in [3.8, 4) is 0 Å². The molecule has 0 unspecified atom stereocenters. The van der Waals surface area contributed by atoms with Gasteiger partial charge in [-0.25, -0.2) is 0 Å². The van der Waals surface area contributed by atoms with Crippen molar-refractivity contribution >= 4 is 0 Å². The highest BCUT2D eigenvalue weighted by Gasteiger charge is 1.91. The second-order valence-corrected chi connectivity index (χ2v) is 1.06. The second-order valence-electron chi connectivity index (χ2n) is 1.06. The van der Waals surface area contributed by atoms with Crippen molar-refractivity contribution in [3.63, 3.8) is 0 Å². The predicted molar refractivity (Wildman–Crippen MR) is 21.4 cm³/mol. The Bertz CT molecular complexity index is 24.3. The quantitative estimate of drug-likeness (QED) is 0.407. The third kappa shape index (κ3) is 0.931. The molecule has 1 aliphatic rings. The molecule has 1 heterocycles. The Morgan fingerprint density at radius 1 is 1.67 bits per heavy atom. The van der Waals surface area contributed by atoms with Gasteiger partial charge in [-0.05, 0) is 0 Å². The zero-order valence-corrected chi connectivity index (χ0v) is 3.40. The normalized spacial score (nSPS) is 24.0. The molecular formula is C3H7N2O. The van der Waals surface area contributed by atoms with E-state index < -0.39 is 0 Å². The summed E-state index contributed by atoms with van der Waals surface area (Å²) in [7, 11) is 0. The van der Waals surface area contributed by atoms with Crippen molar-refractivity contribution in [1.82, 2.24) is 10.6 Å². The van der Waals surface area contributed by atoms with Gasteiger partial charge >= 0.3 is 0 Å². The van der Waals surface area contributed by atoms with Gasteiger partial charge in [0.15, 0.2) is 6.73 Å². The molecule has 1 aliphatic heterocycles. The van der Waals surface area contributed by atoms with Gasteiger partial charge in [-0.3, -0.25) is 10.6 Å². The number of hydrogen-bond donors (Lipinski definition) is 2. The lowest BCUT2D eigenvalue weighted by atomic mass is 10.9. The molecule has 3 heteroatoms. The van der Waals surface area contributed by atoms with Gasteiger partial charge in [-0.1, -0.05) is 0 Å². The minimum Gasteiger partial charge on any atom is -0.344 e. The van der Waals surface area contributed by atoms with Gasteiger partial charge in [-0.2, -0.15) is 0 Å². The molecule has 1 fully saturated rings. The smallest absolute Gasteiger partial charge is 0.150 e. The van der Waals surface area contributed by atoms with E-state index in [0.717, 1.165) is 6.67 Å². The summed E-state index contributed by atoms with van der Waals surface area (Å²) in [6.45, 7) is 3.03. The summed E-state index contributed by atoms with van der Waals surface area (Å²) < 4.78 is 4.72. The third-order valence-electron chi connectivity index (χ3n) is 0.579. The van der Waals surface area contributed by atoms with E-state index in [1.807, 2.05) is 0 Å². The van der Waals surface area contributed by atoms with Gasteiger partial charge in [0, 0.05) is 6.67 Å².